The van der Waals surface area contributed by atoms with Gasteiger partial charge in [-0.2, -0.15) is 0 Å². The van der Waals surface area contributed by atoms with Gasteiger partial charge in [-0.25, -0.2) is 26.6 Å². The number of thioether (sulfide) groups is 1. The van der Waals surface area contributed by atoms with E-state index < -0.39 is 46.8 Å². The summed E-state index contributed by atoms with van der Waals surface area (Å²) in [5.41, 5.74) is 3.01. The number of aryl methyl sites for hydroxylation is 1. The monoisotopic (exact) mass is 697 g/mol. The lowest BCUT2D eigenvalue weighted by Gasteiger charge is -2.36. The Morgan fingerprint density at radius 1 is 0.878 bits per heavy atom. The van der Waals surface area contributed by atoms with Crippen LogP contribution >= 0.6 is 11.8 Å². The van der Waals surface area contributed by atoms with Crippen molar-refractivity contribution in [1.29, 1.82) is 0 Å². The third-order valence-corrected chi connectivity index (χ3v) is 9.07. The van der Waals surface area contributed by atoms with E-state index in [1.807, 2.05) is 54.6 Å². The summed E-state index contributed by atoms with van der Waals surface area (Å²) in [5.74, 6) is -12.0. The predicted molar refractivity (Wildman–Crippen MR) is 167 cm³/mol. The molecule has 4 aromatic carbocycles. The van der Waals surface area contributed by atoms with Gasteiger partial charge in [0.15, 0.2) is 29.6 Å². The molecule has 0 radical (unpaired) electrons. The van der Waals surface area contributed by atoms with Gasteiger partial charge in [0.2, 0.25) is 11.0 Å². The molecule has 1 aliphatic rings. The lowest BCUT2D eigenvalue weighted by Crippen LogP contribution is -2.31. The molecule has 0 bridgehead atoms. The third-order valence-electron chi connectivity index (χ3n) is 7.93. The highest BCUT2D eigenvalue weighted by Gasteiger charge is 2.33. The summed E-state index contributed by atoms with van der Waals surface area (Å²) in [4.78, 5) is 12.4. The third kappa shape index (κ3) is 7.49. The molecule has 49 heavy (non-hydrogen) atoms. The molecule has 15 heteroatoms. The number of aromatic nitrogens is 4. The van der Waals surface area contributed by atoms with E-state index in [1.165, 1.54) is 11.8 Å². The largest absolute Gasteiger partial charge is 0.392 e. The number of hydrogen-bond donors (Lipinski definition) is 2. The van der Waals surface area contributed by atoms with Gasteiger partial charge in [-0.15, -0.1) is 5.10 Å². The van der Waals surface area contributed by atoms with Gasteiger partial charge in [-0.1, -0.05) is 78.5 Å². The molecule has 1 saturated heterocycles. The second-order valence-corrected chi connectivity index (χ2v) is 12.2. The number of carbonyl (C=O) groups is 1. The van der Waals surface area contributed by atoms with Crippen molar-refractivity contribution in [3.05, 3.63) is 130 Å². The summed E-state index contributed by atoms with van der Waals surface area (Å²) >= 11 is 1.47. The maximum absolute atomic E-state index is 14.1. The van der Waals surface area contributed by atoms with Gasteiger partial charge in [-0.3, -0.25) is 4.79 Å². The van der Waals surface area contributed by atoms with E-state index in [0.29, 0.717) is 22.9 Å². The minimum atomic E-state index is -2.34. The maximum Gasteiger partial charge on any atom is 0.257 e. The topological polar surface area (TPSA) is 111 Å². The zero-order valence-corrected chi connectivity index (χ0v) is 26.6. The Morgan fingerprint density at radius 3 is 2.20 bits per heavy atom. The van der Waals surface area contributed by atoms with E-state index in [-0.39, 0.29) is 25.4 Å². The van der Waals surface area contributed by atoms with Crippen LogP contribution in [0.25, 0.3) is 11.1 Å². The van der Waals surface area contributed by atoms with Gasteiger partial charge in [0.25, 0.3) is 5.91 Å². The van der Waals surface area contributed by atoms with Gasteiger partial charge in [0.1, 0.15) is 5.56 Å². The molecule has 1 aromatic heterocycles. The molecular weight excluding hydrogens is 669 g/mol. The summed E-state index contributed by atoms with van der Waals surface area (Å²) in [5, 5.41) is 23.9. The first-order chi connectivity index (χ1) is 23.6. The standard InChI is InChI=1S/C34H28F5N5O4S/c1-44-34(41-42-43-44)49-17-24-14-25(21-7-5-18(16-45)6-8-21)48-33(47-24)22-11-9-20(10-12-22)23-4-2-3-19(13-23)15-40-32(46)26-27(35)29(37)31(39)30(38)28(26)36/h2-13,24-25,33,45H,14-17H2,1H3,(H,40,46)/t24-,25+,33+/m0/s1. The Kier molecular flexibility index (Phi) is 10.3. The van der Waals surface area contributed by atoms with Crippen molar-refractivity contribution >= 4 is 17.7 Å². The number of nitrogens with one attached hydrogen (secondary N) is 1. The maximum atomic E-state index is 14.1. The molecule has 5 aromatic rings. The molecule has 3 atom stereocenters. The van der Waals surface area contributed by atoms with Crippen LogP contribution in [0.5, 0.6) is 0 Å². The summed E-state index contributed by atoms with van der Waals surface area (Å²) in [7, 11) is 1.76. The van der Waals surface area contributed by atoms with Gasteiger partial charge < -0.3 is 19.9 Å². The smallest absolute Gasteiger partial charge is 0.257 e. The number of benzene rings is 4. The number of amides is 1. The first kappa shape index (κ1) is 34.2. The minimum absolute atomic E-state index is 0.0646. The van der Waals surface area contributed by atoms with E-state index in [0.717, 1.165) is 27.8 Å². The number of carbonyl (C=O) groups excluding carboxylic acids is 1. The molecule has 1 fully saturated rings. The molecule has 1 amide bonds. The molecule has 2 N–H and O–H groups in total. The molecule has 6 rings (SSSR count). The normalized spacial score (nSPS) is 17.7. The SMILES string of the molecule is Cn1nnnc1SC[C@@H]1C[C@H](c2ccc(CO)cc2)O[C@H](c2ccc(-c3cccc(CNC(=O)c4c(F)c(F)c(F)c(F)c4F)c3)cc2)O1. The zero-order valence-electron chi connectivity index (χ0n) is 25.7. The highest BCUT2D eigenvalue weighted by atomic mass is 32.2. The number of aliphatic hydroxyl groups excluding tert-OH is 1. The Labute approximate surface area is 281 Å². The Hall–Kier alpha value is -4.70. The van der Waals surface area contributed by atoms with Crippen molar-refractivity contribution in [3.63, 3.8) is 0 Å². The van der Waals surface area contributed by atoms with Crippen LogP contribution in [0.4, 0.5) is 22.0 Å². The summed E-state index contributed by atoms with van der Waals surface area (Å²) in [6.07, 6.45) is -0.610. The van der Waals surface area contributed by atoms with Gasteiger partial charge in [0.05, 0.1) is 18.8 Å². The lowest BCUT2D eigenvalue weighted by atomic mass is 9.99. The van der Waals surface area contributed by atoms with E-state index >= 15 is 0 Å². The summed E-state index contributed by atoms with van der Waals surface area (Å²) in [6.45, 7) is -0.302. The molecule has 1 aliphatic heterocycles. The first-order valence-corrected chi connectivity index (χ1v) is 16.0. The fourth-order valence-electron chi connectivity index (χ4n) is 5.30. The summed E-state index contributed by atoms with van der Waals surface area (Å²) < 4.78 is 83.1. The van der Waals surface area contributed by atoms with Crippen molar-refractivity contribution in [1.82, 2.24) is 25.5 Å². The fourth-order valence-corrected chi connectivity index (χ4v) is 6.17. The number of rotatable bonds is 10. The van der Waals surface area contributed by atoms with Crippen LogP contribution in [0.3, 0.4) is 0 Å². The molecule has 254 valence electrons. The highest BCUT2D eigenvalue weighted by Crippen LogP contribution is 2.39. The van der Waals surface area contributed by atoms with Crippen molar-refractivity contribution in [2.75, 3.05) is 5.75 Å². The van der Waals surface area contributed by atoms with E-state index in [9.17, 15) is 31.9 Å². The second kappa shape index (κ2) is 14.8. The molecule has 0 unspecified atom stereocenters. The molecule has 2 heterocycles. The first-order valence-electron chi connectivity index (χ1n) is 15.0. The van der Waals surface area contributed by atoms with Crippen LogP contribution in [0.2, 0.25) is 0 Å². The Morgan fingerprint density at radius 2 is 1.55 bits per heavy atom. The van der Waals surface area contributed by atoms with Crippen LogP contribution < -0.4 is 5.32 Å². The minimum Gasteiger partial charge on any atom is -0.392 e. The Balaban J connectivity index is 1.16. The molecule has 9 nitrogen and oxygen atoms in total. The van der Waals surface area contributed by atoms with Gasteiger partial charge in [0, 0.05) is 31.3 Å². The van der Waals surface area contributed by atoms with E-state index in [2.05, 4.69) is 20.8 Å². The molecule has 0 spiro atoms. The fraction of sp³-hybridized carbons (Fsp3) is 0.235. The zero-order chi connectivity index (χ0) is 34.7. The van der Waals surface area contributed by atoms with Crippen LogP contribution in [0.15, 0.2) is 78.0 Å². The van der Waals surface area contributed by atoms with Crippen molar-refractivity contribution in [2.45, 2.75) is 43.2 Å². The van der Waals surface area contributed by atoms with Crippen LogP contribution in [0.1, 0.15) is 51.4 Å². The number of aliphatic hydroxyl groups is 1. The number of hydrogen-bond acceptors (Lipinski definition) is 8. The summed E-state index contributed by atoms with van der Waals surface area (Å²) in [6, 6.07) is 21.9. The van der Waals surface area contributed by atoms with Crippen LogP contribution in [-0.4, -0.2) is 43.1 Å². The van der Waals surface area contributed by atoms with Gasteiger partial charge >= 0.3 is 0 Å². The molecule has 0 aliphatic carbocycles. The van der Waals surface area contributed by atoms with Crippen molar-refractivity contribution in [2.24, 2.45) is 7.05 Å². The molecule has 0 saturated carbocycles. The quantitative estimate of drug-likeness (QED) is 0.0754. The number of halogens is 5. The van der Waals surface area contributed by atoms with Crippen molar-refractivity contribution in [3.8, 4) is 11.1 Å². The molecular formula is C34H28F5N5O4S. The average molecular weight is 698 g/mol. The van der Waals surface area contributed by atoms with Crippen LogP contribution in [-0.2, 0) is 29.7 Å². The van der Waals surface area contributed by atoms with E-state index in [4.69, 9.17) is 9.47 Å². The van der Waals surface area contributed by atoms with Crippen LogP contribution in [0, 0.1) is 29.1 Å². The lowest BCUT2D eigenvalue weighted by molar-refractivity contribution is -0.245. The highest BCUT2D eigenvalue weighted by molar-refractivity contribution is 7.99. The Bertz CT molecular complexity index is 1930. The number of ether oxygens (including phenoxy) is 2. The predicted octanol–water partition coefficient (Wildman–Crippen LogP) is 6.33. The number of nitrogens with zero attached hydrogens (tertiary/aromatic N) is 4. The van der Waals surface area contributed by atoms with Gasteiger partial charge in [-0.05, 0) is 44.3 Å². The van der Waals surface area contributed by atoms with E-state index in [1.54, 1.807) is 29.9 Å². The average Bonchev–Trinajstić information content (AvgIpc) is 3.55. The number of tetrazole rings is 1. The second-order valence-electron chi connectivity index (χ2n) is 11.2. The van der Waals surface area contributed by atoms with Crippen molar-refractivity contribution < 1.29 is 41.3 Å².